The van der Waals surface area contributed by atoms with Crippen LogP contribution in [0.5, 0.6) is 0 Å². The minimum absolute atomic E-state index is 0.0974. The molecular weight excluding hydrogens is 376 g/mol. The number of halogens is 1. The Morgan fingerprint density at radius 2 is 1.76 bits per heavy atom. The normalized spacial score (nSPS) is 14.2. The van der Waals surface area contributed by atoms with Gasteiger partial charge < -0.3 is 4.90 Å². The highest BCUT2D eigenvalue weighted by atomic mass is 79.9. The number of Topliss-reactive ketones (excluding diaryl/α,β-unsaturated/α-hetero) is 1. The number of rotatable bonds is 7. The first-order valence-corrected chi connectivity index (χ1v) is 9.16. The van der Waals surface area contributed by atoms with Crippen molar-refractivity contribution in [3.63, 3.8) is 0 Å². The molecule has 0 saturated heterocycles. The zero-order valence-electron chi connectivity index (χ0n) is 14.8. The average Bonchev–Trinajstić information content (AvgIpc) is 2.61. The molecule has 2 aromatic carbocycles. The van der Waals surface area contributed by atoms with Gasteiger partial charge in [0.2, 0.25) is 0 Å². The third kappa shape index (κ3) is 4.70. The summed E-state index contributed by atoms with van der Waals surface area (Å²) in [6, 6.07) is 19.8. The second-order valence-corrected chi connectivity index (χ2v) is 7.25. The molecule has 130 valence electrons. The Morgan fingerprint density at radius 1 is 1.16 bits per heavy atom. The van der Waals surface area contributed by atoms with Gasteiger partial charge >= 0.3 is 0 Å². The molecule has 0 heterocycles. The van der Waals surface area contributed by atoms with E-state index in [9.17, 15) is 10.1 Å². The Labute approximate surface area is 158 Å². The first-order valence-electron chi connectivity index (χ1n) is 8.37. The highest BCUT2D eigenvalue weighted by Crippen LogP contribution is 2.29. The second-order valence-electron chi connectivity index (χ2n) is 6.39. The summed E-state index contributed by atoms with van der Waals surface area (Å²) in [5.74, 6) is -0.195. The van der Waals surface area contributed by atoms with Gasteiger partial charge in [-0.25, -0.2) is 0 Å². The lowest BCUT2D eigenvalue weighted by atomic mass is 9.80. The van der Waals surface area contributed by atoms with Crippen LogP contribution >= 0.6 is 15.9 Å². The van der Waals surface area contributed by atoms with Crippen LogP contribution in [0, 0.1) is 23.2 Å². The molecule has 0 radical (unpaired) electrons. The molecule has 3 nitrogen and oxygen atoms in total. The van der Waals surface area contributed by atoms with E-state index in [1.165, 1.54) is 0 Å². The summed E-state index contributed by atoms with van der Waals surface area (Å²) < 4.78 is 0.998. The highest BCUT2D eigenvalue weighted by molar-refractivity contribution is 9.10. The van der Waals surface area contributed by atoms with Crippen molar-refractivity contribution in [3.05, 3.63) is 64.6 Å². The maximum absolute atomic E-state index is 12.3. The van der Waals surface area contributed by atoms with E-state index in [1.54, 1.807) is 6.92 Å². The number of carbonyl (C=O) groups excluding carboxylic acids is 1. The van der Waals surface area contributed by atoms with E-state index in [-0.39, 0.29) is 23.7 Å². The van der Waals surface area contributed by atoms with Gasteiger partial charge in [0, 0.05) is 23.1 Å². The fourth-order valence-electron chi connectivity index (χ4n) is 3.20. The molecule has 0 fully saturated rings. The van der Waals surface area contributed by atoms with Crippen LogP contribution in [0.25, 0.3) is 0 Å². The number of anilines is 1. The molecule has 2 rings (SSSR count). The molecule has 0 amide bonds. The number of ketones is 1. The summed E-state index contributed by atoms with van der Waals surface area (Å²) in [5.41, 5.74) is 2.07. The molecule has 0 spiro atoms. The zero-order chi connectivity index (χ0) is 18.4. The monoisotopic (exact) mass is 398 g/mol. The predicted molar refractivity (Wildman–Crippen MR) is 105 cm³/mol. The number of para-hydroxylation sites is 1. The molecule has 0 aliphatic rings. The van der Waals surface area contributed by atoms with Gasteiger partial charge in [0.25, 0.3) is 0 Å². The van der Waals surface area contributed by atoms with Crippen molar-refractivity contribution < 1.29 is 4.79 Å². The number of hydrogen-bond donors (Lipinski definition) is 0. The number of nitriles is 1. The second kappa shape index (κ2) is 8.82. The minimum atomic E-state index is -0.376. The fourth-order valence-corrected chi connectivity index (χ4v) is 3.65. The van der Waals surface area contributed by atoms with Crippen LogP contribution in [0.4, 0.5) is 5.69 Å². The van der Waals surface area contributed by atoms with E-state index in [2.05, 4.69) is 22.0 Å². The third-order valence-corrected chi connectivity index (χ3v) is 5.54. The Hall–Kier alpha value is -2.12. The minimum Gasteiger partial charge on any atom is -0.359 e. The number of hydrogen-bond acceptors (Lipinski definition) is 3. The smallest absolute Gasteiger partial charge is 0.133 e. The first kappa shape index (κ1) is 19.2. The Kier molecular flexibility index (Phi) is 6.78. The van der Waals surface area contributed by atoms with Crippen molar-refractivity contribution in [2.75, 3.05) is 11.9 Å². The van der Waals surface area contributed by atoms with E-state index in [0.717, 1.165) is 15.7 Å². The number of nitrogens with zero attached hydrogens (tertiary/aromatic N) is 2. The standard InChI is InChI=1S/C21H23BrN2O/c1-15(21(14-23)24(3)18-10-5-4-6-11-18)19(16(2)25)13-17-9-7-8-12-20(17)22/h4-12,15,19,21H,13H2,1-3H3. The van der Waals surface area contributed by atoms with Crippen LogP contribution in [0.15, 0.2) is 59.1 Å². The molecule has 0 aromatic heterocycles. The predicted octanol–water partition coefficient (Wildman–Crippen LogP) is 4.86. The summed E-state index contributed by atoms with van der Waals surface area (Å²) >= 11 is 3.56. The highest BCUT2D eigenvalue weighted by Gasteiger charge is 2.32. The van der Waals surface area contributed by atoms with Gasteiger partial charge in [0.1, 0.15) is 11.8 Å². The Morgan fingerprint density at radius 3 is 2.32 bits per heavy atom. The summed E-state index contributed by atoms with van der Waals surface area (Å²) in [6.45, 7) is 3.62. The summed E-state index contributed by atoms with van der Waals surface area (Å²) in [7, 11) is 1.91. The summed E-state index contributed by atoms with van der Waals surface area (Å²) in [5, 5.41) is 9.77. The van der Waals surface area contributed by atoms with Crippen LogP contribution in [0.2, 0.25) is 0 Å². The first-order chi connectivity index (χ1) is 12.0. The van der Waals surface area contributed by atoms with Gasteiger partial charge in [-0.05, 0) is 43.0 Å². The van der Waals surface area contributed by atoms with Crippen LogP contribution in [-0.4, -0.2) is 18.9 Å². The molecule has 2 aromatic rings. The van der Waals surface area contributed by atoms with Gasteiger partial charge in [0.05, 0.1) is 6.07 Å². The Bertz CT molecular complexity index is 754. The molecule has 0 N–H and O–H groups in total. The number of carbonyl (C=O) groups is 1. The van der Waals surface area contributed by atoms with Crippen molar-refractivity contribution in [2.45, 2.75) is 26.3 Å². The summed E-state index contributed by atoms with van der Waals surface area (Å²) in [4.78, 5) is 14.3. The van der Waals surface area contributed by atoms with Gasteiger partial charge in [-0.3, -0.25) is 4.79 Å². The van der Waals surface area contributed by atoms with Crippen LogP contribution in [0.3, 0.4) is 0 Å². The molecule has 0 saturated carbocycles. The lowest BCUT2D eigenvalue weighted by Gasteiger charge is -2.33. The van der Waals surface area contributed by atoms with Crippen molar-refractivity contribution in [2.24, 2.45) is 11.8 Å². The lowest BCUT2D eigenvalue weighted by molar-refractivity contribution is -0.122. The zero-order valence-corrected chi connectivity index (χ0v) is 16.4. The average molecular weight is 399 g/mol. The van der Waals surface area contributed by atoms with E-state index < -0.39 is 0 Å². The third-order valence-electron chi connectivity index (χ3n) is 4.77. The van der Waals surface area contributed by atoms with Crippen molar-refractivity contribution in [3.8, 4) is 6.07 Å². The van der Waals surface area contributed by atoms with Gasteiger partial charge in [-0.1, -0.05) is 59.3 Å². The molecule has 0 bridgehead atoms. The Balaban J connectivity index is 2.26. The van der Waals surface area contributed by atoms with E-state index in [1.807, 2.05) is 73.5 Å². The van der Waals surface area contributed by atoms with Crippen LogP contribution in [0.1, 0.15) is 19.4 Å². The number of benzene rings is 2. The van der Waals surface area contributed by atoms with Crippen LogP contribution in [-0.2, 0) is 11.2 Å². The summed E-state index contributed by atoms with van der Waals surface area (Å²) in [6.07, 6.45) is 0.624. The van der Waals surface area contributed by atoms with Gasteiger partial charge in [0.15, 0.2) is 0 Å². The molecule has 3 atom stereocenters. The van der Waals surface area contributed by atoms with E-state index >= 15 is 0 Å². The van der Waals surface area contributed by atoms with Crippen LogP contribution < -0.4 is 4.90 Å². The largest absolute Gasteiger partial charge is 0.359 e. The van der Waals surface area contributed by atoms with Gasteiger partial charge in [-0.2, -0.15) is 5.26 Å². The quantitative estimate of drug-likeness (QED) is 0.668. The molecular formula is C21H23BrN2O. The maximum Gasteiger partial charge on any atom is 0.133 e. The van der Waals surface area contributed by atoms with E-state index in [4.69, 9.17) is 0 Å². The molecule has 0 aliphatic heterocycles. The molecule has 4 heteroatoms. The van der Waals surface area contributed by atoms with Crippen molar-refractivity contribution in [1.82, 2.24) is 0 Å². The lowest BCUT2D eigenvalue weighted by Crippen LogP contribution is -2.41. The SMILES string of the molecule is CC(=O)C(Cc1ccccc1Br)C(C)C(C#N)N(C)c1ccccc1. The molecule has 0 aliphatic carbocycles. The van der Waals surface area contributed by atoms with Gasteiger partial charge in [-0.15, -0.1) is 0 Å². The maximum atomic E-state index is 12.3. The molecule has 25 heavy (non-hydrogen) atoms. The topological polar surface area (TPSA) is 44.1 Å². The van der Waals surface area contributed by atoms with Crippen molar-refractivity contribution >= 4 is 27.4 Å². The molecule has 3 unspecified atom stereocenters. The van der Waals surface area contributed by atoms with E-state index in [0.29, 0.717) is 6.42 Å². The van der Waals surface area contributed by atoms with Crippen molar-refractivity contribution in [1.29, 1.82) is 5.26 Å². The fraction of sp³-hybridized carbons (Fsp3) is 0.333.